The standard InChI is InChI=1S/C9H9BrFN5OS/c10-7-3-13-8(18-7)15-5-14-16(9(15)17)4-6(1-11)2-12/h1,3,5H,2,4,12H2/b6-1+. The zero-order valence-electron chi connectivity index (χ0n) is 9.08. The summed E-state index contributed by atoms with van der Waals surface area (Å²) >= 11 is 4.56. The van der Waals surface area contributed by atoms with Crippen LogP contribution in [0.4, 0.5) is 4.39 Å². The van der Waals surface area contributed by atoms with E-state index in [-0.39, 0.29) is 18.8 Å². The van der Waals surface area contributed by atoms with Gasteiger partial charge in [0.2, 0.25) is 0 Å². The van der Waals surface area contributed by atoms with Crippen molar-refractivity contribution in [1.29, 1.82) is 0 Å². The maximum absolute atomic E-state index is 12.4. The van der Waals surface area contributed by atoms with Crippen LogP contribution in [0.5, 0.6) is 0 Å². The van der Waals surface area contributed by atoms with Crippen molar-refractivity contribution in [3.63, 3.8) is 0 Å². The summed E-state index contributed by atoms with van der Waals surface area (Å²) < 4.78 is 15.6. The molecule has 18 heavy (non-hydrogen) atoms. The number of hydrogen-bond donors (Lipinski definition) is 1. The maximum Gasteiger partial charge on any atom is 0.352 e. The van der Waals surface area contributed by atoms with E-state index < -0.39 is 0 Å². The first-order valence-electron chi connectivity index (χ1n) is 4.90. The van der Waals surface area contributed by atoms with Gasteiger partial charge < -0.3 is 5.73 Å². The van der Waals surface area contributed by atoms with Crippen LogP contribution in [-0.2, 0) is 6.54 Å². The Morgan fingerprint density at radius 2 is 2.44 bits per heavy atom. The van der Waals surface area contributed by atoms with Gasteiger partial charge in [-0.1, -0.05) is 11.3 Å². The highest BCUT2D eigenvalue weighted by Crippen LogP contribution is 2.20. The first kappa shape index (κ1) is 13.1. The van der Waals surface area contributed by atoms with Gasteiger partial charge in [-0.25, -0.2) is 23.4 Å². The van der Waals surface area contributed by atoms with Gasteiger partial charge in [0.25, 0.3) is 0 Å². The Morgan fingerprint density at radius 3 is 3.00 bits per heavy atom. The summed E-state index contributed by atoms with van der Waals surface area (Å²) in [6.45, 7) is 0.0734. The molecule has 0 aliphatic heterocycles. The molecule has 0 aromatic carbocycles. The van der Waals surface area contributed by atoms with Crippen LogP contribution in [0, 0.1) is 0 Å². The van der Waals surface area contributed by atoms with Crippen molar-refractivity contribution in [1.82, 2.24) is 19.3 Å². The normalized spacial score (nSPS) is 12.1. The minimum Gasteiger partial charge on any atom is -0.327 e. The fourth-order valence-electron chi connectivity index (χ4n) is 1.27. The summed E-state index contributed by atoms with van der Waals surface area (Å²) in [5, 5.41) is 4.39. The molecule has 0 atom stereocenters. The monoisotopic (exact) mass is 333 g/mol. The molecule has 2 aromatic heterocycles. The van der Waals surface area contributed by atoms with Gasteiger partial charge in [-0.15, -0.1) is 0 Å². The van der Waals surface area contributed by atoms with E-state index in [2.05, 4.69) is 26.0 Å². The third-order valence-corrected chi connectivity index (χ3v) is 3.65. The number of nitrogens with two attached hydrogens (primary N) is 1. The van der Waals surface area contributed by atoms with Crippen LogP contribution in [0.3, 0.4) is 0 Å². The van der Waals surface area contributed by atoms with Crippen molar-refractivity contribution in [2.75, 3.05) is 6.54 Å². The summed E-state index contributed by atoms with van der Waals surface area (Å²) in [5.74, 6) is 0. The Kier molecular flexibility index (Phi) is 4.04. The van der Waals surface area contributed by atoms with Crippen molar-refractivity contribution >= 4 is 27.3 Å². The van der Waals surface area contributed by atoms with E-state index in [4.69, 9.17) is 5.73 Å². The Bertz CT molecular complexity index is 631. The SMILES string of the molecule is NC/C(=C\F)Cn1ncn(-c2ncc(Br)s2)c1=O. The highest BCUT2D eigenvalue weighted by molar-refractivity contribution is 9.11. The first-order chi connectivity index (χ1) is 8.65. The molecule has 6 nitrogen and oxygen atoms in total. The highest BCUT2D eigenvalue weighted by atomic mass is 79.9. The van der Waals surface area contributed by atoms with Gasteiger partial charge in [-0.05, 0) is 21.5 Å². The molecule has 0 saturated heterocycles. The molecule has 2 N–H and O–H groups in total. The molecule has 0 amide bonds. The molecule has 0 radical (unpaired) electrons. The van der Waals surface area contributed by atoms with Crippen LogP contribution < -0.4 is 11.4 Å². The average Bonchev–Trinajstić information content (AvgIpc) is 2.93. The van der Waals surface area contributed by atoms with E-state index in [0.29, 0.717) is 17.0 Å². The Morgan fingerprint density at radius 1 is 1.67 bits per heavy atom. The lowest BCUT2D eigenvalue weighted by Crippen LogP contribution is -2.25. The second kappa shape index (κ2) is 5.55. The summed E-state index contributed by atoms with van der Waals surface area (Å²) in [6.07, 6.45) is 3.34. The molecule has 0 unspecified atom stereocenters. The molecular weight excluding hydrogens is 325 g/mol. The molecule has 96 valence electrons. The Labute approximate surface area is 114 Å². The van der Waals surface area contributed by atoms with Gasteiger partial charge >= 0.3 is 5.69 Å². The highest BCUT2D eigenvalue weighted by Gasteiger charge is 2.10. The third-order valence-electron chi connectivity index (χ3n) is 2.17. The lowest BCUT2D eigenvalue weighted by atomic mass is 10.3. The van der Waals surface area contributed by atoms with Gasteiger partial charge in [0.15, 0.2) is 5.13 Å². The Hall–Kier alpha value is -1.32. The van der Waals surface area contributed by atoms with Crippen molar-refractivity contribution in [2.45, 2.75) is 6.54 Å². The molecule has 0 saturated carbocycles. The van der Waals surface area contributed by atoms with Gasteiger partial charge in [0, 0.05) is 6.54 Å². The number of nitrogens with zero attached hydrogens (tertiary/aromatic N) is 4. The molecule has 0 aliphatic rings. The second-order valence-corrected chi connectivity index (χ2v) is 5.75. The van der Waals surface area contributed by atoms with Gasteiger partial charge in [-0.3, -0.25) is 0 Å². The third kappa shape index (κ3) is 2.57. The average molecular weight is 334 g/mol. The predicted octanol–water partition coefficient (Wildman–Crippen LogP) is 1.07. The van der Waals surface area contributed by atoms with E-state index in [9.17, 15) is 9.18 Å². The molecular formula is C9H9BrFN5OS. The van der Waals surface area contributed by atoms with E-state index in [1.54, 1.807) is 6.20 Å². The summed E-state index contributed by atoms with van der Waals surface area (Å²) in [7, 11) is 0. The quantitative estimate of drug-likeness (QED) is 0.907. The molecule has 0 aliphatic carbocycles. The largest absolute Gasteiger partial charge is 0.352 e. The van der Waals surface area contributed by atoms with E-state index >= 15 is 0 Å². The van der Waals surface area contributed by atoms with Gasteiger partial charge in [0.05, 0.1) is 22.9 Å². The van der Waals surface area contributed by atoms with Gasteiger partial charge in [-0.2, -0.15) is 5.10 Å². The number of halogens is 2. The lowest BCUT2D eigenvalue weighted by Gasteiger charge is -2.00. The van der Waals surface area contributed by atoms with E-state index in [0.717, 1.165) is 8.47 Å². The number of thiazole rings is 1. The summed E-state index contributed by atoms with van der Waals surface area (Å²) in [6, 6.07) is 0. The van der Waals surface area contributed by atoms with Gasteiger partial charge in [0.1, 0.15) is 6.33 Å². The molecule has 0 fully saturated rings. The molecule has 2 rings (SSSR count). The van der Waals surface area contributed by atoms with Crippen LogP contribution in [0.2, 0.25) is 0 Å². The van der Waals surface area contributed by atoms with Crippen molar-refractivity contribution in [3.8, 4) is 5.13 Å². The zero-order valence-corrected chi connectivity index (χ0v) is 11.5. The maximum atomic E-state index is 12.4. The van der Waals surface area contributed by atoms with E-state index in [1.165, 1.54) is 22.2 Å². The first-order valence-corrected chi connectivity index (χ1v) is 6.51. The van der Waals surface area contributed by atoms with Crippen molar-refractivity contribution in [3.05, 3.63) is 38.7 Å². The van der Waals surface area contributed by atoms with Crippen molar-refractivity contribution < 1.29 is 4.39 Å². The summed E-state index contributed by atoms with van der Waals surface area (Å²) in [4.78, 5) is 16.0. The van der Waals surface area contributed by atoms with Crippen LogP contribution in [-0.4, -0.2) is 25.9 Å². The zero-order chi connectivity index (χ0) is 13.1. The van der Waals surface area contributed by atoms with Crippen LogP contribution in [0.25, 0.3) is 5.13 Å². The molecule has 2 aromatic rings. The molecule has 2 heterocycles. The number of hydrogen-bond acceptors (Lipinski definition) is 5. The second-order valence-electron chi connectivity index (χ2n) is 3.36. The molecule has 0 spiro atoms. The fourth-order valence-corrected chi connectivity index (χ4v) is 2.42. The number of rotatable bonds is 4. The molecule has 0 bridgehead atoms. The predicted molar refractivity (Wildman–Crippen MR) is 69.4 cm³/mol. The minimum atomic E-state index is -0.385. The van der Waals surface area contributed by atoms with Crippen LogP contribution >= 0.6 is 27.3 Å². The molecule has 9 heteroatoms. The lowest BCUT2D eigenvalue weighted by molar-refractivity contribution is 0.612. The number of aromatic nitrogens is 4. The van der Waals surface area contributed by atoms with Crippen LogP contribution in [0.15, 0.2) is 33.0 Å². The van der Waals surface area contributed by atoms with Crippen LogP contribution in [0.1, 0.15) is 0 Å². The topological polar surface area (TPSA) is 78.7 Å². The minimum absolute atomic E-state index is 0.0331. The fraction of sp³-hybridized carbons (Fsp3) is 0.222. The summed E-state index contributed by atoms with van der Waals surface area (Å²) in [5.41, 5.74) is 5.24. The smallest absolute Gasteiger partial charge is 0.327 e. The van der Waals surface area contributed by atoms with Crippen molar-refractivity contribution in [2.24, 2.45) is 5.73 Å². The Balaban J connectivity index is 2.32. The van der Waals surface area contributed by atoms with E-state index in [1.807, 2.05) is 0 Å².